The van der Waals surface area contributed by atoms with Gasteiger partial charge in [0.1, 0.15) is 23.2 Å². The Morgan fingerprint density at radius 1 is 1.00 bits per heavy atom. The summed E-state index contributed by atoms with van der Waals surface area (Å²) in [6.07, 6.45) is 0.144. The minimum Gasteiger partial charge on any atom is -0.507 e. The number of fused-ring (bicyclic) bond motifs is 3. The smallest absolute Gasteiger partial charge is 0.311 e. The number of ketones is 5. The van der Waals surface area contributed by atoms with Crippen LogP contribution in [-0.2, 0) is 36.8 Å². The number of aryl methyl sites for hydroxylation is 2. The van der Waals surface area contributed by atoms with Crippen LogP contribution in [0.3, 0.4) is 0 Å². The van der Waals surface area contributed by atoms with E-state index in [0.29, 0.717) is 16.9 Å². The molecule has 5 rings (SSSR count). The van der Waals surface area contributed by atoms with Crippen LogP contribution in [0.25, 0.3) is 0 Å². The van der Waals surface area contributed by atoms with Gasteiger partial charge >= 0.3 is 5.97 Å². The van der Waals surface area contributed by atoms with Crippen molar-refractivity contribution in [3.63, 3.8) is 0 Å². The third-order valence-electron chi connectivity index (χ3n) is 11.0. The molecule has 0 aliphatic heterocycles. The molecule has 2 aromatic carbocycles. The summed E-state index contributed by atoms with van der Waals surface area (Å²) >= 11 is 0. The fourth-order valence-corrected chi connectivity index (χ4v) is 9.02. The van der Waals surface area contributed by atoms with Gasteiger partial charge in [-0.05, 0) is 79.2 Å². The van der Waals surface area contributed by atoms with E-state index in [1.807, 2.05) is 32.9 Å². The van der Waals surface area contributed by atoms with Gasteiger partial charge in [-0.15, -0.1) is 0 Å². The molecule has 0 heterocycles. The minimum atomic E-state index is -2.75. The van der Waals surface area contributed by atoms with Gasteiger partial charge in [-0.2, -0.15) is 0 Å². The van der Waals surface area contributed by atoms with Gasteiger partial charge in [-0.1, -0.05) is 65.3 Å². The van der Waals surface area contributed by atoms with Crippen molar-refractivity contribution in [2.24, 2.45) is 34.5 Å². The second-order valence-electron chi connectivity index (χ2n) is 15.1. The molecule has 2 fully saturated rings. The molecule has 0 amide bonds. The van der Waals surface area contributed by atoms with Crippen LogP contribution in [0.4, 0.5) is 0 Å². The maximum Gasteiger partial charge on any atom is 0.311 e. The predicted octanol–water partition coefficient (Wildman–Crippen LogP) is 5.06. The number of hydrogen-bond donors (Lipinski definition) is 2. The quantitative estimate of drug-likeness (QED) is 0.239. The first-order valence-electron chi connectivity index (χ1n) is 16.3. The molecule has 3 aliphatic rings. The van der Waals surface area contributed by atoms with Crippen LogP contribution in [0.5, 0.6) is 11.5 Å². The number of carbonyl (C=O) groups is 6. The standard InChI is InChI=1S/C38H44O9/c1-18(2)24-15-22(11-14-26(40)47-23-12-9-20(5)10-13-23)31(41)28-25(24)16-36(7)17-37(8)29(19(3)4)32(42)27(21(6)39)34(44)38(37,46)35(45)30(36)33(28)43/h9-10,12-13,15,18-19,27,29-30,41,46H,11,14,16-17H2,1-8H3/t27?,29?,30?,36-,37-,38+/m1/s1. The van der Waals surface area contributed by atoms with Crippen molar-refractivity contribution in [2.45, 2.75) is 92.6 Å². The first-order valence-corrected chi connectivity index (χ1v) is 16.3. The summed E-state index contributed by atoms with van der Waals surface area (Å²) in [6, 6.07) is 8.80. The molecular weight excluding hydrogens is 600 g/mol. The summed E-state index contributed by atoms with van der Waals surface area (Å²) in [5.74, 6) is -9.57. The Hall–Kier alpha value is -3.98. The minimum absolute atomic E-state index is 0.00601. The van der Waals surface area contributed by atoms with Gasteiger partial charge in [0.05, 0.1) is 17.9 Å². The summed E-state index contributed by atoms with van der Waals surface area (Å²) < 4.78 is 5.44. The van der Waals surface area contributed by atoms with Gasteiger partial charge in [0.25, 0.3) is 0 Å². The average Bonchev–Trinajstić information content (AvgIpc) is 2.95. The van der Waals surface area contributed by atoms with Crippen molar-refractivity contribution in [3.8, 4) is 11.5 Å². The van der Waals surface area contributed by atoms with Crippen molar-refractivity contribution in [1.29, 1.82) is 0 Å². The number of phenolic OH excluding ortho intramolecular Hbond substituents is 1. The number of aromatic hydroxyl groups is 1. The highest BCUT2D eigenvalue weighted by Crippen LogP contribution is 2.64. The molecule has 2 saturated carbocycles. The molecule has 47 heavy (non-hydrogen) atoms. The molecule has 250 valence electrons. The van der Waals surface area contributed by atoms with Crippen LogP contribution >= 0.6 is 0 Å². The Labute approximate surface area is 275 Å². The zero-order chi connectivity index (χ0) is 35.0. The van der Waals surface area contributed by atoms with Crippen molar-refractivity contribution < 1.29 is 43.7 Å². The molecule has 9 nitrogen and oxygen atoms in total. The van der Waals surface area contributed by atoms with E-state index in [4.69, 9.17) is 4.74 Å². The number of rotatable bonds is 7. The monoisotopic (exact) mass is 644 g/mol. The Morgan fingerprint density at radius 3 is 2.17 bits per heavy atom. The van der Waals surface area contributed by atoms with Gasteiger partial charge in [-0.3, -0.25) is 28.8 Å². The third-order valence-corrected chi connectivity index (χ3v) is 11.0. The van der Waals surface area contributed by atoms with E-state index in [2.05, 4.69) is 0 Å². The zero-order valence-electron chi connectivity index (χ0n) is 28.4. The normalized spacial score (nSPS) is 30.2. The number of hydrogen-bond acceptors (Lipinski definition) is 9. The summed E-state index contributed by atoms with van der Waals surface area (Å²) in [7, 11) is 0. The Kier molecular flexibility index (Phi) is 8.49. The lowest BCUT2D eigenvalue weighted by Gasteiger charge is -2.62. The van der Waals surface area contributed by atoms with E-state index in [9.17, 15) is 39.0 Å². The molecule has 0 bridgehead atoms. The van der Waals surface area contributed by atoms with Crippen molar-refractivity contribution in [2.75, 3.05) is 0 Å². The molecule has 0 radical (unpaired) electrons. The van der Waals surface area contributed by atoms with Gasteiger partial charge in [0, 0.05) is 11.3 Å². The van der Waals surface area contributed by atoms with E-state index in [1.54, 1.807) is 45.9 Å². The zero-order valence-corrected chi connectivity index (χ0v) is 28.4. The Bertz CT molecular complexity index is 1720. The van der Waals surface area contributed by atoms with E-state index in [-0.39, 0.29) is 42.9 Å². The van der Waals surface area contributed by atoms with E-state index < -0.39 is 75.0 Å². The number of carbonyl (C=O) groups excluding carboxylic acids is 6. The molecule has 3 unspecified atom stereocenters. The van der Waals surface area contributed by atoms with Gasteiger partial charge in [0.2, 0.25) is 0 Å². The lowest BCUT2D eigenvalue weighted by Crippen LogP contribution is -2.76. The molecule has 3 aliphatic carbocycles. The summed E-state index contributed by atoms with van der Waals surface area (Å²) in [4.78, 5) is 82.0. The highest BCUT2D eigenvalue weighted by atomic mass is 16.5. The Morgan fingerprint density at radius 2 is 1.62 bits per heavy atom. The van der Waals surface area contributed by atoms with Crippen LogP contribution in [0, 0.1) is 41.4 Å². The van der Waals surface area contributed by atoms with Crippen LogP contribution < -0.4 is 4.74 Å². The second kappa shape index (κ2) is 11.6. The maximum absolute atomic E-state index is 14.6. The highest BCUT2D eigenvalue weighted by Gasteiger charge is 2.76. The van der Waals surface area contributed by atoms with Crippen LogP contribution in [0.15, 0.2) is 30.3 Å². The number of esters is 1. The van der Waals surface area contributed by atoms with Crippen molar-refractivity contribution in [3.05, 3.63) is 58.1 Å². The van der Waals surface area contributed by atoms with Gasteiger partial charge in [0.15, 0.2) is 28.7 Å². The molecule has 0 aromatic heterocycles. The number of ether oxygens (including phenoxy) is 1. The van der Waals surface area contributed by atoms with Gasteiger partial charge < -0.3 is 14.9 Å². The van der Waals surface area contributed by atoms with E-state index >= 15 is 0 Å². The van der Waals surface area contributed by atoms with Crippen molar-refractivity contribution in [1.82, 2.24) is 0 Å². The first-order chi connectivity index (χ1) is 21.8. The predicted molar refractivity (Wildman–Crippen MR) is 172 cm³/mol. The van der Waals surface area contributed by atoms with Crippen LogP contribution in [-0.4, -0.2) is 50.7 Å². The summed E-state index contributed by atoms with van der Waals surface area (Å²) in [5.41, 5.74) is -2.77. The van der Waals surface area contributed by atoms with E-state index in [0.717, 1.165) is 18.1 Å². The summed E-state index contributed by atoms with van der Waals surface area (Å²) in [6.45, 7) is 13.7. The molecule has 0 spiro atoms. The molecule has 2 N–H and O–H groups in total. The summed E-state index contributed by atoms with van der Waals surface area (Å²) in [5, 5.41) is 23.8. The number of phenols is 1. The SMILES string of the molecule is CC(=O)C1C(=O)C(C(C)C)[C@@]2(C)C[C@@]3(C)Cc4c(C(C)C)cc(CCC(=O)Oc5ccc(C)cc5)c(O)c4C(=O)C3C(=O)[C@@]2(O)C1=O. The fourth-order valence-electron chi connectivity index (χ4n) is 9.02. The largest absolute Gasteiger partial charge is 0.507 e. The number of Topliss-reactive ketones (excluding diaryl/α,β-unsaturated/α-hetero) is 5. The highest BCUT2D eigenvalue weighted by molar-refractivity contribution is 6.32. The Balaban J connectivity index is 1.58. The molecular formula is C38H44O9. The first kappa shape index (κ1) is 34.4. The van der Waals surface area contributed by atoms with Crippen LogP contribution in [0.1, 0.15) is 99.8 Å². The van der Waals surface area contributed by atoms with E-state index in [1.165, 1.54) is 0 Å². The van der Waals surface area contributed by atoms with Gasteiger partial charge in [-0.25, -0.2) is 0 Å². The topological polar surface area (TPSA) is 152 Å². The molecule has 0 saturated heterocycles. The lowest BCUT2D eigenvalue weighted by molar-refractivity contribution is -0.205. The van der Waals surface area contributed by atoms with Crippen LogP contribution in [0.2, 0.25) is 0 Å². The lowest BCUT2D eigenvalue weighted by atomic mass is 9.39. The molecule has 2 aromatic rings. The molecule has 9 heteroatoms. The number of benzene rings is 2. The second-order valence-corrected chi connectivity index (χ2v) is 15.1. The third kappa shape index (κ3) is 5.09. The molecule has 6 atom stereocenters. The fraction of sp³-hybridized carbons (Fsp3) is 0.526. The maximum atomic E-state index is 14.6. The number of aliphatic hydroxyl groups is 1. The average molecular weight is 645 g/mol. The van der Waals surface area contributed by atoms with Crippen molar-refractivity contribution >= 4 is 34.9 Å².